The van der Waals surface area contributed by atoms with Crippen LogP contribution in [0.4, 0.5) is 5.69 Å². The molecule has 0 aliphatic heterocycles. The number of aryl methyl sites for hydroxylation is 2. The zero-order valence-corrected chi connectivity index (χ0v) is 10.0. The van der Waals surface area contributed by atoms with Gasteiger partial charge in [-0.05, 0) is 43.5 Å². The topological polar surface area (TPSA) is 20.3 Å². The van der Waals surface area contributed by atoms with Gasteiger partial charge in [-0.1, -0.05) is 6.07 Å². The summed E-state index contributed by atoms with van der Waals surface area (Å²) in [6, 6.07) is 6.38. The molecule has 0 radical (unpaired) electrons. The number of Topliss-reactive ketones (excluding diaryl/α,β-unsaturated/α-hetero) is 1. The molecule has 0 aliphatic rings. The van der Waals surface area contributed by atoms with Gasteiger partial charge in [0.1, 0.15) is 5.78 Å². The number of hydrogen-bond donors (Lipinski definition) is 0. The second-order valence-electron chi connectivity index (χ2n) is 4.21. The molecular weight excluding hydrogens is 186 g/mol. The molecule has 1 aromatic rings. The van der Waals surface area contributed by atoms with Gasteiger partial charge in [-0.15, -0.1) is 0 Å². The van der Waals surface area contributed by atoms with Crippen molar-refractivity contribution in [2.75, 3.05) is 19.0 Å². The third-order valence-corrected chi connectivity index (χ3v) is 2.59. The van der Waals surface area contributed by atoms with Crippen LogP contribution < -0.4 is 4.90 Å². The molecule has 0 aliphatic carbocycles. The van der Waals surface area contributed by atoms with E-state index < -0.39 is 0 Å². The van der Waals surface area contributed by atoms with E-state index in [9.17, 15) is 4.79 Å². The number of hydrogen-bond acceptors (Lipinski definition) is 2. The zero-order chi connectivity index (χ0) is 11.4. The first-order valence-corrected chi connectivity index (χ1v) is 5.27. The Morgan fingerprint density at radius 3 is 2.47 bits per heavy atom. The summed E-state index contributed by atoms with van der Waals surface area (Å²) in [6.07, 6.45) is 1.50. The Morgan fingerprint density at radius 2 is 2.00 bits per heavy atom. The molecule has 0 spiro atoms. The maximum absolute atomic E-state index is 10.9. The molecule has 1 aromatic carbocycles. The van der Waals surface area contributed by atoms with Crippen molar-refractivity contribution in [2.45, 2.75) is 26.7 Å². The van der Waals surface area contributed by atoms with Gasteiger partial charge >= 0.3 is 0 Å². The predicted octanol–water partition coefficient (Wildman–Crippen LogP) is 2.58. The largest absolute Gasteiger partial charge is 0.378 e. The molecule has 0 N–H and O–H groups in total. The summed E-state index contributed by atoms with van der Waals surface area (Å²) in [5.74, 6) is 0.256. The highest BCUT2D eigenvalue weighted by atomic mass is 16.1. The molecule has 15 heavy (non-hydrogen) atoms. The summed E-state index contributed by atoms with van der Waals surface area (Å²) in [7, 11) is 4.06. The molecule has 0 fully saturated rings. The smallest absolute Gasteiger partial charge is 0.130 e. The molecule has 0 bridgehead atoms. The second-order valence-corrected chi connectivity index (χ2v) is 4.21. The van der Waals surface area contributed by atoms with Crippen LogP contribution in [0.5, 0.6) is 0 Å². The van der Waals surface area contributed by atoms with Crippen LogP contribution in [-0.4, -0.2) is 19.9 Å². The second kappa shape index (κ2) is 4.96. The van der Waals surface area contributed by atoms with Gasteiger partial charge in [0.25, 0.3) is 0 Å². The summed E-state index contributed by atoms with van der Waals surface area (Å²) in [4.78, 5) is 13.0. The minimum absolute atomic E-state index is 0.256. The van der Waals surface area contributed by atoms with Gasteiger partial charge in [0.15, 0.2) is 0 Å². The van der Waals surface area contributed by atoms with Crippen molar-refractivity contribution in [3.63, 3.8) is 0 Å². The van der Waals surface area contributed by atoms with Crippen molar-refractivity contribution >= 4 is 11.5 Å². The average Bonchev–Trinajstić information content (AvgIpc) is 2.15. The predicted molar refractivity (Wildman–Crippen MR) is 64.5 cm³/mol. The summed E-state index contributed by atoms with van der Waals surface area (Å²) in [6.45, 7) is 3.74. The standard InChI is InChI=1S/C13H19NO/c1-10-9-13(14(3)4)8-7-12(10)6-5-11(2)15/h7-9H,5-6H2,1-4H3. The first-order chi connectivity index (χ1) is 7.00. The molecule has 0 amide bonds. The van der Waals surface area contributed by atoms with E-state index >= 15 is 0 Å². The first-order valence-electron chi connectivity index (χ1n) is 5.27. The van der Waals surface area contributed by atoms with E-state index in [1.54, 1.807) is 6.92 Å². The van der Waals surface area contributed by atoms with Crippen LogP contribution in [0.15, 0.2) is 18.2 Å². The van der Waals surface area contributed by atoms with E-state index in [1.165, 1.54) is 16.8 Å². The first kappa shape index (κ1) is 11.8. The average molecular weight is 205 g/mol. The van der Waals surface area contributed by atoms with Gasteiger partial charge in [0, 0.05) is 26.2 Å². The molecule has 0 atom stereocenters. The van der Waals surface area contributed by atoms with Crippen molar-refractivity contribution in [1.29, 1.82) is 0 Å². The summed E-state index contributed by atoms with van der Waals surface area (Å²) < 4.78 is 0. The number of ketones is 1. The van der Waals surface area contributed by atoms with Crippen LogP contribution in [0.25, 0.3) is 0 Å². The quantitative estimate of drug-likeness (QED) is 0.753. The SMILES string of the molecule is CC(=O)CCc1ccc(N(C)C)cc1C. The van der Waals surface area contributed by atoms with Crippen LogP contribution in [0.1, 0.15) is 24.5 Å². The van der Waals surface area contributed by atoms with Crippen LogP contribution in [0.3, 0.4) is 0 Å². The Bertz CT molecular complexity index is 356. The summed E-state index contributed by atoms with van der Waals surface area (Å²) >= 11 is 0. The van der Waals surface area contributed by atoms with Crippen molar-refractivity contribution in [3.8, 4) is 0 Å². The van der Waals surface area contributed by atoms with Gasteiger partial charge < -0.3 is 9.69 Å². The van der Waals surface area contributed by atoms with Crippen molar-refractivity contribution in [1.82, 2.24) is 0 Å². The lowest BCUT2D eigenvalue weighted by molar-refractivity contribution is -0.116. The molecule has 0 saturated carbocycles. The minimum Gasteiger partial charge on any atom is -0.378 e. The Hall–Kier alpha value is -1.31. The monoisotopic (exact) mass is 205 g/mol. The van der Waals surface area contributed by atoms with Gasteiger partial charge in [-0.3, -0.25) is 0 Å². The van der Waals surface area contributed by atoms with Crippen molar-refractivity contribution in [2.24, 2.45) is 0 Å². The van der Waals surface area contributed by atoms with Crippen LogP contribution in [0, 0.1) is 6.92 Å². The fourth-order valence-electron chi connectivity index (χ4n) is 1.55. The van der Waals surface area contributed by atoms with Gasteiger partial charge in [0.05, 0.1) is 0 Å². The molecule has 0 aromatic heterocycles. The van der Waals surface area contributed by atoms with E-state index in [-0.39, 0.29) is 5.78 Å². The molecule has 0 heterocycles. The van der Waals surface area contributed by atoms with Crippen LogP contribution in [-0.2, 0) is 11.2 Å². The number of anilines is 1. The van der Waals surface area contributed by atoms with Crippen molar-refractivity contribution in [3.05, 3.63) is 29.3 Å². The number of carbonyl (C=O) groups excluding carboxylic acids is 1. The maximum atomic E-state index is 10.9. The molecule has 82 valence electrons. The van der Waals surface area contributed by atoms with E-state index in [0.29, 0.717) is 6.42 Å². The highest BCUT2D eigenvalue weighted by molar-refractivity contribution is 5.75. The number of benzene rings is 1. The third kappa shape index (κ3) is 3.39. The number of carbonyl (C=O) groups is 1. The van der Waals surface area contributed by atoms with Crippen LogP contribution >= 0.6 is 0 Å². The van der Waals surface area contributed by atoms with E-state index in [1.807, 2.05) is 14.1 Å². The third-order valence-electron chi connectivity index (χ3n) is 2.59. The molecule has 0 saturated heterocycles. The fourth-order valence-corrected chi connectivity index (χ4v) is 1.55. The van der Waals surface area contributed by atoms with Crippen molar-refractivity contribution < 1.29 is 4.79 Å². The summed E-state index contributed by atoms with van der Waals surface area (Å²) in [5, 5.41) is 0. The van der Waals surface area contributed by atoms with E-state index in [0.717, 1.165) is 6.42 Å². The lowest BCUT2D eigenvalue weighted by atomic mass is 10.0. The lowest BCUT2D eigenvalue weighted by Gasteiger charge is -2.14. The molecule has 0 unspecified atom stereocenters. The lowest BCUT2D eigenvalue weighted by Crippen LogP contribution is -2.09. The normalized spacial score (nSPS) is 10.1. The Morgan fingerprint density at radius 1 is 1.33 bits per heavy atom. The van der Waals surface area contributed by atoms with E-state index in [2.05, 4.69) is 30.0 Å². The molecule has 2 heteroatoms. The molecular formula is C13H19NO. The highest BCUT2D eigenvalue weighted by Gasteiger charge is 2.02. The molecule has 2 nitrogen and oxygen atoms in total. The Balaban J connectivity index is 2.79. The number of nitrogens with zero attached hydrogens (tertiary/aromatic N) is 1. The zero-order valence-electron chi connectivity index (χ0n) is 10.0. The summed E-state index contributed by atoms with van der Waals surface area (Å²) in [5.41, 5.74) is 3.75. The highest BCUT2D eigenvalue weighted by Crippen LogP contribution is 2.18. The van der Waals surface area contributed by atoms with Crippen LogP contribution in [0.2, 0.25) is 0 Å². The number of rotatable bonds is 4. The maximum Gasteiger partial charge on any atom is 0.130 e. The van der Waals surface area contributed by atoms with Gasteiger partial charge in [-0.25, -0.2) is 0 Å². The van der Waals surface area contributed by atoms with Gasteiger partial charge in [-0.2, -0.15) is 0 Å². The van der Waals surface area contributed by atoms with Gasteiger partial charge in [0.2, 0.25) is 0 Å². The minimum atomic E-state index is 0.256. The van der Waals surface area contributed by atoms with E-state index in [4.69, 9.17) is 0 Å². The molecule has 1 rings (SSSR count). The Kier molecular flexibility index (Phi) is 3.89. The fraction of sp³-hybridized carbons (Fsp3) is 0.462. The Labute approximate surface area is 91.9 Å².